The van der Waals surface area contributed by atoms with E-state index in [-0.39, 0.29) is 0 Å². The summed E-state index contributed by atoms with van der Waals surface area (Å²) in [6.07, 6.45) is 6.52. The van der Waals surface area contributed by atoms with Crippen LogP contribution in [0.2, 0.25) is 0 Å². The maximum atomic E-state index is 5.51. The Morgan fingerprint density at radius 3 is 2.85 bits per heavy atom. The molecule has 1 saturated carbocycles. The fourth-order valence-corrected chi connectivity index (χ4v) is 2.24. The molecule has 1 fully saturated rings. The quantitative estimate of drug-likeness (QED) is 0.640. The molecular formula is C11H23NO. The van der Waals surface area contributed by atoms with Crippen LogP contribution in [0, 0.1) is 5.92 Å². The summed E-state index contributed by atoms with van der Waals surface area (Å²) in [4.78, 5) is 0. The smallest absolute Gasteiger partial charge is 0.0469 e. The molecular weight excluding hydrogens is 162 g/mol. The topological polar surface area (TPSA) is 21.3 Å². The van der Waals surface area contributed by atoms with E-state index < -0.39 is 0 Å². The highest BCUT2D eigenvalue weighted by Crippen LogP contribution is 2.27. The molecule has 0 aliphatic heterocycles. The van der Waals surface area contributed by atoms with Crippen LogP contribution >= 0.6 is 0 Å². The lowest BCUT2D eigenvalue weighted by Gasteiger charge is -2.18. The van der Waals surface area contributed by atoms with Crippen molar-refractivity contribution < 1.29 is 4.74 Å². The summed E-state index contributed by atoms with van der Waals surface area (Å²) in [7, 11) is 2.08. The summed E-state index contributed by atoms with van der Waals surface area (Å²) in [6, 6.07) is 0.755. The molecule has 0 aromatic rings. The number of rotatable bonds is 6. The fourth-order valence-electron chi connectivity index (χ4n) is 2.24. The first kappa shape index (κ1) is 11.0. The first-order valence-electron chi connectivity index (χ1n) is 5.63. The monoisotopic (exact) mass is 185 g/mol. The third-order valence-electron chi connectivity index (χ3n) is 3.01. The summed E-state index contributed by atoms with van der Waals surface area (Å²) in [5, 5.41) is 3.40. The number of ether oxygens (including phenoxy) is 1. The molecule has 13 heavy (non-hydrogen) atoms. The van der Waals surface area contributed by atoms with Gasteiger partial charge in [-0.15, -0.1) is 0 Å². The molecule has 1 aliphatic carbocycles. The third kappa shape index (κ3) is 3.65. The van der Waals surface area contributed by atoms with Crippen molar-refractivity contribution in [1.82, 2.24) is 5.32 Å². The van der Waals surface area contributed by atoms with Crippen LogP contribution < -0.4 is 5.32 Å². The van der Waals surface area contributed by atoms with Crippen LogP contribution in [-0.2, 0) is 4.74 Å². The highest BCUT2D eigenvalue weighted by atomic mass is 16.5. The van der Waals surface area contributed by atoms with E-state index >= 15 is 0 Å². The lowest BCUT2D eigenvalue weighted by Crippen LogP contribution is -2.29. The molecule has 78 valence electrons. The standard InChI is InChI=1S/C11H23NO/c1-3-8-13-9-7-10-5-4-6-11(10)12-2/h10-12H,3-9H2,1-2H3. The molecule has 0 amide bonds. The van der Waals surface area contributed by atoms with Gasteiger partial charge in [0.1, 0.15) is 0 Å². The first-order valence-corrected chi connectivity index (χ1v) is 5.63. The van der Waals surface area contributed by atoms with Gasteiger partial charge in [-0.1, -0.05) is 13.3 Å². The summed E-state index contributed by atoms with van der Waals surface area (Å²) in [5.41, 5.74) is 0. The van der Waals surface area contributed by atoms with Crippen LogP contribution in [0.5, 0.6) is 0 Å². The van der Waals surface area contributed by atoms with Crippen molar-refractivity contribution in [3.63, 3.8) is 0 Å². The van der Waals surface area contributed by atoms with Gasteiger partial charge in [-0.25, -0.2) is 0 Å². The Hall–Kier alpha value is -0.0800. The van der Waals surface area contributed by atoms with Crippen LogP contribution in [0.15, 0.2) is 0 Å². The molecule has 1 aliphatic rings. The Morgan fingerprint density at radius 2 is 2.15 bits per heavy atom. The zero-order chi connectivity index (χ0) is 9.52. The lowest BCUT2D eigenvalue weighted by atomic mass is 10.0. The van der Waals surface area contributed by atoms with E-state index in [1.807, 2.05) is 0 Å². The predicted octanol–water partition coefficient (Wildman–Crippen LogP) is 2.19. The highest BCUT2D eigenvalue weighted by Gasteiger charge is 2.24. The Morgan fingerprint density at radius 1 is 1.31 bits per heavy atom. The number of hydrogen-bond donors (Lipinski definition) is 1. The number of hydrogen-bond acceptors (Lipinski definition) is 2. The van der Waals surface area contributed by atoms with E-state index in [9.17, 15) is 0 Å². The molecule has 2 nitrogen and oxygen atoms in total. The Labute approximate surface area is 82.0 Å². The molecule has 0 radical (unpaired) electrons. The van der Waals surface area contributed by atoms with Gasteiger partial charge in [0.05, 0.1) is 0 Å². The van der Waals surface area contributed by atoms with Crippen LogP contribution in [0.3, 0.4) is 0 Å². The minimum Gasteiger partial charge on any atom is -0.381 e. The van der Waals surface area contributed by atoms with Crippen molar-refractivity contribution in [3.05, 3.63) is 0 Å². The maximum absolute atomic E-state index is 5.51. The lowest BCUT2D eigenvalue weighted by molar-refractivity contribution is 0.117. The van der Waals surface area contributed by atoms with Gasteiger partial charge in [-0.2, -0.15) is 0 Å². The summed E-state index contributed by atoms with van der Waals surface area (Å²) in [5.74, 6) is 0.863. The van der Waals surface area contributed by atoms with Gasteiger partial charge < -0.3 is 10.1 Å². The van der Waals surface area contributed by atoms with Gasteiger partial charge in [0.25, 0.3) is 0 Å². The normalized spacial score (nSPS) is 28.2. The molecule has 2 heteroatoms. The molecule has 0 aromatic heterocycles. The molecule has 0 bridgehead atoms. The molecule has 0 aromatic carbocycles. The van der Waals surface area contributed by atoms with Crippen LogP contribution in [-0.4, -0.2) is 26.3 Å². The minimum atomic E-state index is 0.755. The van der Waals surface area contributed by atoms with Crippen molar-refractivity contribution in [2.24, 2.45) is 5.92 Å². The van der Waals surface area contributed by atoms with Gasteiger partial charge in [0.2, 0.25) is 0 Å². The fraction of sp³-hybridized carbons (Fsp3) is 1.00. The van der Waals surface area contributed by atoms with Crippen LogP contribution in [0.25, 0.3) is 0 Å². The van der Waals surface area contributed by atoms with Crippen LogP contribution in [0.1, 0.15) is 39.0 Å². The van der Waals surface area contributed by atoms with Crippen molar-refractivity contribution in [1.29, 1.82) is 0 Å². The van der Waals surface area contributed by atoms with Gasteiger partial charge >= 0.3 is 0 Å². The van der Waals surface area contributed by atoms with E-state index in [1.165, 1.54) is 25.7 Å². The molecule has 1 N–H and O–H groups in total. The molecule has 1 rings (SSSR count). The summed E-state index contributed by atoms with van der Waals surface area (Å²) < 4.78 is 5.51. The second kappa shape index (κ2) is 6.39. The molecule has 0 heterocycles. The van der Waals surface area contributed by atoms with E-state index in [4.69, 9.17) is 4.74 Å². The second-order valence-corrected chi connectivity index (χ2v) is 3.99. The molecule has 2 atom stereocenters. The average molecular weight is 185 g/mol. The Bertz CT molecular complexity index is 127. The average Bonchev–Trinajstić information content (AvgIpc) is 2.60. The highest BCUT2D eigenvalue weighted by molar-refractivity contribution is 4.81. The van der Waals surface area contributed by atoms with Crippen molar-refractivity contribution in [3.8, 4) is 0 Å². The Kier molecular flexibility index (Phi) is 5.40. The van der Waals surface area contributed by atoms with E-state index in [2.05, 4.69) is 19.3 Å². The Balaban J connectivity index is 2.06. The predicted molar refractivity (Wildman–Crippen MR) is 55.9 cm³/mol. The van der Waals surface area contributed by atoms with Gasteiger partial charge in [0, 0.05) is 19.3 Å². The SMILES string of the molecule is CCCOCCC1CCCC1NC. The minimum absolute atomic E-state index is 0.755. The van der Waals surface area contributed by atoms with E-state index in [0.29, 0.717) is 0 Å². The van der Waals surface area contributed by atoms with E-state index in [1.54, 1.807) is 0 Å². The number of nitrogens with one attached hydrogen (secondary N) is 1. The summed E-state index contributed by atoms with van der Waals surface area (Å²) >= 11 is 0. The van der Waals surface area contributed by atoms with Crippen molar-refractivity contribution in [2.75, 3.05) is 20.3 Å². The molecule has 2 unspecified atom stereocenters. The van der Waals surface area contributed by atoms with Gasteiger partial charge in [0.15, 0.2) is 0 Å². The second-order valence-electron chi connectivity index (χ2n) is 3.99. The third-order valence-corrected chi connectivity index (χ3v) is 3.01. The van der Waals surface area contributed by atoms with E-state index in [0.717, 1.165) is 31.6 Å². The summed E-state index contributed by atoms with van der Waals surface area (Å²) in [6.45, 7) is 4.04. The maximum Gasteiger partial charge on any atom is 0.0469 e. The first-order chi connectivity index (χ1) is 6.38. The molecule has 0 spiro atoms. The van der Waals surface area contributed by atoms with Gasteiger partial charge in [-0.05, 0) is 38.6 Å². The van der Waals surface area contributed by atoms with Crippen LogP contribution in [0.4, 0.5) is 0 Å². The molecule has 0 saturated heterocycles. The zero-order valence-corrected chi connectivity index (χ0v) is 9.01. The van der Waals surface area contributed by atoms with Gasteiger partial charge in [-0.3, -0.25) is 0 Å². The largest absolute Gasteiger partial charge is 0.381 e. The zero-order valence-electron chi connectivity index (χ0n) is 9.01. The van der Waals surface area contributed by atoms with Crippen molar-refractivity contribution >= 4 is 0 Å². The van der Waals surface area contributed by atoms with Crippen molar-refractivity contribution in [2.45, 2.75) is 45.1 Å².